The van der Waals surface area contributed by atoms with Crippen molar-refractivity contribution >= 4 is 11.9 Å². The minimum absolute atomic E-state index is 0.0865. The van der Waals surface area contributed by atoms with Crippen molar-refractivity contribution in [1.82, 2.24) is 4.90 Å². The molecule has 6 nitrogen and oxygen atoms in total. The van der Waals surface area contributed by atoms with Crippen LogP contribution in [0.4, 0.5) is 4.48 Å². The lowest BCUT2D eigenvalue weighted by Gasteiger charge is -2.34. The van der Waals surface area contributed by atoms with Crippen molar-refractivity contribution in [2.45, 2.75) is 13.0 Å². The van der Waals surface area contributed by atoms with E-state index in [2.05, 4.69) is 4.90 Å². The summed E-state index contributed by atoms with van der Waals surface area (Å²) in [7, 11) is 0. The fourth-order valence-corrected chi connectivity index (χ4v) is 3.30. The highest BCUT2D eigenvalue weighted by Crippen LogP contribution is 2.23. The number of amides is 1. The summed E-state index contributed by atoms with van der Waals surface area (Å²) in [6, 6.07) is 16.4. The van der Waals surface area contributed by atoms with Crippen molar-refractivity contribution in [2.24, 2.45) is 0 Å². The first-order valence-corrected chi connectivity index (χ1v) is 9.25. The fourth-order valence-electron chi connectivity index (χ4n) is 3.30. The van der Waals surface area contributed by atoms with Crippen LogP contribution in [-0.4, -0.2) is 59.4 Å². The number of carboxylic acids is 1. The van der Waals surface area contributed by atoms with Crippen molar-refractivity contribution < 1.29 is 28.6 Å². The zero-order valence-corrected chi connectivity index (χ0v) is 15.6. The number of piperazine rings is 1. The number of carboxylic acid groups (broad SMARTS) is 1. The third-order valence-electron chi connectivity index (χ3n) is 4.90. The van der Waals surface area contributed by atoms with Crippen molar-refractivity contribution in [2.75, 3.05) is 32.8 Å². The molecule has 0 aromatic heterocycles. The van der Waals surface area contributed by atoms with Crippen molar-refractivity contribution in [3.8, 4) is 5.75 Å². The lowest BCUT2D eigenvalue weighted by atomic mass is 10.1. The van der Waals surface area contributed by atoms with E-state index in [1.807, 2.05) is 42.5 Å². The van der Waals surface area contributed by atoms with Crippen molar-refractivity contribution in [3.63, 3.8) is 0 Å². The smallest absolute Gasteiger partial charge is 0.355 e. The lowest BCUT2D eigenvalue weighted by Crippen LogP contribution is -2.57. The molecule has 0 bridgehead atoms. The molecule has 1 N–H and O–H groups in total. The molecule has 3 rings (SSSR count). The molecule has 148 valence electrons. The van der Waals surface area contributed by atoms with Crippen LogP contribution in [0.2, 0.25) is 0 Å². The second kappa shape index (κ2) is 8.95. The first-order chi connectivity index (χ1) is 13.5. The van der Waals surface area contributed by atoms with Gasteiger partial charge < -0.3 is 9.84 Å². The Hall–Kier alpha value is -2.77. The van der Waals surface area contributed by atoms with Crippen LogP contribution in [0.15, 0.2) is 54.6 Å². The molecule has 1 aliphatic rings. The standard InChI is InChI=1S/C21H23FN2O4/c22-24(20(25)14-17-6-2-1-3-7-17)12-10-23(11-13-24)15-18-8-4-5-9-19(18)28-16-21(26)27/h1-9H,10-16H2/p+1. The quantitative estimate of drug-likeness (QED) is 0.740. The van der Waals surface area contributed by atoms with Crippen LogP contribution >= 0.6 is 0 Å². The number of quaternary nitrogens is 1. The molecule has 0 spiro atoms. The molecule has 0 radical (unpaired) electrons. The van der Waals surface area contributed by atoms with Gasteiger partial charge in [-0.15, -0.1) is 0 Å². The topological polar surface area (TPSA) is 66.8 Å². The number of carbonyl (C=O) groups excluding carboxylic acids is 1. The maximum atomic E-state index is 15.1. The molecule has 0 aliphatic carbocycles. The second-order valence-electron chi connectivity index (χ2n) is 6.93. The van der Waals surface area contributed by atoms with E-state index in [1.54, 1.807) is 12.1 Å². The maximum Gasteiger partial charge on any atom is 0.355 e. The summed E-state index contributed by atoms with van der Waals surface area (Å²) in [5.41, 5.74) is 1.66. The number of carbonyl (C=O) groups is 2. The molecular weight excluding hydrogens is 363 g/mol. The van der Waals surface area contributed by atoms with Crippen LogP contribution in [0.3, 0.4) is 0 Å². The number of hydrogen-bond acceptors (Lipinski definition) is 4. The van der Waals surface area contributed by atoms with Gasteiger partial charge in [0.2, 0.25) is 0 Å². The van der Waals surface area contributed by atoms with Crippen LogP contribution in [0.5, 0.6) is 5.75 Å². The van der Waals surface area contributed by atoms with Gasteiger partial charge in [-0.25, -0.2) is 9.59 Å². The van der Waals surface area contributed by atoms with Gasteiger partial charge in [-0.3, -0.25) is 4.90 Å². The van der Waals surface area contributed by atoms with E-state index < -0.39 is 23.2 Å². The number of halogens is 1. The minimum Gasteiger partial charge on any atom is -0.482 e. The normalized spacial score (nSPS) is 16.5. The molecule has 1 heterocycles. The summed E-state index contributed by atoms with van der Waals surface area (Å²) in [6.45, 7) is 1.18. The molecule has 1 aliphatic heterocycles. The largest absolute Gasteiger partial charge is 0.482 e. The van der Waals surface area contributed by atoms with Crippen molar-refractivity contribution in [1.29, 1.82) is 0 Å². The SMILES string of the molecule is O=C(O)COc1ccccc1CN1CC[N+](F)(C(=O)Cc2ccccc2)CC1. The van der Waals surface area contributed by atoms with Gasteiger partial charge >= 0.3 is 11.9 Å². The fraction of sp³-hybridized carbons (Fsp3) is 0.333. The van der Waals surface area contributed by atoms with Crippen LogP contribution < -0.4 is 4.74 Å². The number of benzene rings is 2. The van der Waals surface area contributed by atoms with Crippen LogP contribution in [0, 0.1) is 0 Å². The van der Waals surface area contributed by atoms with Crippen LogP contribution in [0.25, 0.3) is 0 Å². The van der Waals surface area contributed by atoms with Crippen LogP contribution in [-0.2, 0) is 22.6 Å². The third kappa shape index (κ3) is 5.15. The number of hydrogen-bond donors (Lipinski definition) is 1. The first-order valence-electron chi connectivity index (χ1n) is 9.25. The Morgan fingerprint density at radius 2 is 1.68 bits per heavy atom. The van der Waals surface area contributed by atoms with E-state index >= 15 is 4.48 Å². The Balaban J connectivity index is 1.57. The average Bonchev–Trinajstić information content (AvgIpc) is 2.70. The van der Waals surface area contributed by atoms with Gasteiger partial charge in [0.15, 0.2) is 6.61 Å². The molecule has 2 aromatic carbocycles. The Bertz CT molecular complexity index is 820. The Kier molecular flexibility index (Phi) is 6.38. The van der Waals surface area contributed by atoms with Gasteiger partial charge in [0.25, 0.3) is 0 Å². The summed E-state index contributed by atoms with van der Waals surface area (Å²) >= 11 is 0. The van der Waals surface area contributed by atoms with Gasteiger partial charge in [0, 0.05) is 16.6 Å². The Morgan fingerprint density at radius 3 is 2.36 bits per heavy atom. The van der Waals surface area contributed by atoms with Crippen molar-refractivity contribution in [3.05, 3.63) is 65.7 Å². The monoisotopic (exact) mass is 387 g/mol. The lowest BCUT2D eigenvalue weighted by molar-refractivity contribution is -0.994. The van der Waals surface area contributed by atoms with E-state index in [1.165, 1.54) is 0 Å². The summed E-state index contributed by atoms with van der Waals surface area (Å²) in [6.07, 6.45) is 0.0865. The third-order valence-corrected chi connectivity index (χ3v) is 4.90. The molecule has 0 saturated carbocycles. The molecule has 1 amide bonds. The molecule has 0 atom stereocenters. The molecule has 1 fully saturated rings. The predicted octanol–water partition coefficient (Wildman–Crippen LogP) is 2.44. The maximum absolute atomic E-state index is 15.1. The van der Waals surface area contributed by atoms with Crippen LogP contribution in [0.1, 0.15) is 11.1 Å². The highest BCUT2D eigenvalue weighted by atomic mass is 19.2. The Morgan fingerprint density at radius 1 is 1.04 bits per heavy atom. The average molecular weight is 387 g/mol. The molecule has 1 saturated heterocycles. The van der Waals surface area contributed by atoms with Gasteiger partial charge in [-0.05, 0) is 11.6 Å². The summed E-state index contributed by atoms with van der Waals surface area (Å²) in [5, 5.41) is 8.79. The van der Waals surface area contributed by atoms with E-state index in [0.717, 1.165) is 11.1 Å². The second-order valence-corrected chi connectivity index (χ2v) is 6.93. The molecule has 0 unspecified atom stereocenters. The number of nitrogens with zero attached hydrogens (tertiary/aromatic N) is 2. The highest BCUT2D eigenvalue weighted by molar-refractivity contribution is 5.71. The zero-order valence-electron chi connectivity index (χ0n) is 15.6. The van der Waals surface area contributed by atoms with E-state index in [-0.39, 0.29) is 19.5 Å². The van der Waals surface area contributed by atoms with E-state index in [9.17, 15) is 9.59 Å². The van der Waals surface area contributed by atoms with Gasteiger partial charge in [0.1, 0.15) is 18.8 Å². The molecular formula is C21H24FN2O4+. The van der Waals surface area contributed by atoms with E-state index in [4.69, 9.17) is 9.84 Å². The van der Waals surface area contributed by atoms with E-state index in [0.29, 0.717) is 25.4 Å². The highest BCUT2D eigenvalue weighted by Gasteiger charge is 2.41. The number of ether oxygens (including phenoxy) is 1. The number of aliphatic carboxylic acids is 1. The minimum atomic E-state index is -1.05. The van der Waals surface area contributed by atoms with Gasteiger partial charge in [-0.1, -0.05) is 53.2 Å². The predicted molar refractivity (Wildman–Crippen MR) is 101 cm³/mol. The summed E-state index contributed by atoms with van der Waals surface area (Å²) < 4.78 is 19.4. The first kappa shape index (κ1) is 20.0. The molecule has 28 heavy (non-hydrogen) atoms. The summed E-state index contributed by atoms with van der Waals surface area (Å²) in [5.74, 6) is -0.947. The molecule has 7 heteroatoms. The number of rotatable bonds is 7. The zero-order chi connectivity index (χ0) is 20.0. The van der Waals surface area contributed by atoms with Gasteiger partial charge in [0.05, 0.1) is 19.5 Å². The summed E-state index contributed by atoms with van der Waals surface area (Å²) in [4.78, 5) is 25.2. The van der Waals surface area contributed by atoms with Gasteiger partial charge in [-0.2, -0.15) is 0 Å². The Labute approximate surface area is 163 Å². The number of para-hydroxylation sites is 1. The molecule has 2 aromatic rings.